The summed E-state index contributed by atoms with van der Waals surface area (Å²) in [6, 6.07) is 0. The highest BCUT2D eigenvalue weighted by molar-refractivity contribution is 5.93. The van der Waals surface area contributed by atoms with Crippen LogP contribution in [0.4, 0.5) is 0 Å². The number of Topliss-reactive ketones (excluding diaryl/α,β-unsaturated/α-hetero) is 1. The van der Waals surface area contributed by atoms with Gasteiger partial charge in [-0.2, -0.15) is 0 Å². The van der Waals surface area contributed by atoms with E-state index in [0.29, 0.717) is 11.6 Å². The number of rotatable bonds is 1. The number of imidazole rings is 1. The largest absolute Gasteiger partial charge is 0.334 e. The fraction of sp³-hybridized carbons (Fsp3) is 0.600. The Labute approximate surface area is 77.8 Å². The molecule has 70 valence electrons. The molecule has 1 aromatic heterocycles. The third-order valence-electron chi connectivity index (χ3n) is 2.68. The molecule has 0 spiro atoms. The van der Waals surface area contributed by atoms with Crippen LogP contribution in [0.25, 0.3) is 0 Å². The molecule has 0 radical (unpaired) electrons. The van der Waals surface area contributed by atoms with Gasteiger partial charge in [0, 0.05) is 19.2 Å². The molecule has 0 saturated carbocycles. The molecule has 1 aliphatic rings. The molecular formula is C10H14N2O. The second kappa shape index (κ2) is 2.98. The lowest BCUT2D eigenvalue weighted by Crippen LogP contribution is -2.17. The van der Waals surface area contributed by atoms with Crippen LogP contribution >= 0.6 is 0 Å². The zero-order valence-corrected chi connectivity index (χ0v) is 8.08. The van der Waals surface area contributed by atoms with Gasteiger partial charge >= 0.3 is 0 Å². The molecule has 0 amide bonds. The van der Waals surface area contributed by atoms with Crippen LogP contribution in [-0.4, -0.2) is 15.3 Å². The summed E-state index contributed by atoms with van der Waals surface area (Å²) in [5.41, 5.74) is 1.80. The lowest BCUT2D eigenvalue weighted by atomic mass is 9.96. The molecule has 0 fully saturated rings. The minimum Gasteiger partial charge on any atom is -0.334 e. The van der Waals surface area contributed by atoms with Crippen LogP contribution in [0.2, 0.25) is 0 Å². The highest BCUT2D eigenvalue weighted by Crippen LogP contribution is 2.22. The van der Waals surface area contributed by atoms with E-state index in [2.05, 4.69) is 16.5 Å². The second-order valence-electron chi connectivity index (χ2n) is 3.89. The van der Waals surface area contributed by atoms with E-state index in [4.69, 9.17) is 0 Å². The molecule has 1 atom stereocenters. The number of aromatic nitrogens is 2. The standard InChI is InChI=1S/C10H14N2O/c1-7-3-4-12-6-11-10(8(2)13)9(12)5-7/h6-7H,3-5H2,1-2H3. The van der Waals surface area contributed by atoms with Crippen LogP contribution in [0.15, 0.2) is 6.33 Å². The Morgan fingerprint density at radius 2 is 2.46 bits per heavy atom. The van der Waals surface area contributed by atoms with Crippen molar-refractivity contribution < 1.29 is 4.79 Å². The van der Waals surface area contributed by atoms with Gasteiger partial charge in [-0.05, 0) is 18.8 Å². The summed E-state index contributed by atoms with van der Waals surface area (Å²) in [5, 5.41) is 0. The van der Waals surface area contributed by atoms with E-state index in [-0.39, 0.29) is 5.78 Å². The summed E-state index contributed by atoms with van der Waals surface area (Å²) in [5.74, 6) is 0.769. The van der Waals surface area contributed by atoms with Gasteiger partial charge in [0.05, 0.1) is 6.33 Å². The van der Waals surface area contributed by atoms with E-state index in [0.717, 1.165) is 18.7 Å². The molecule has 0 saturated heterocycles. The molecule has 3 heteroatoms. The number of nitrogens with zero attached hydrogens (tertiary/aromatic N) is 2. The van der Waals surface area contributed by atoms with E-state index in [9.17, 15) is 4.79 Å². The first-order chi connectivity index (χ1) is 6.18. The van der Waals surface area contributed by atoms with Crippen molar-refractivity contribution in [1.82, 2.24) is 9.55 Å². The minimum absolute atomic E-state index is 0.0860. The van der Waals surface area contributed by atoms with Crippen molar-refractivity contribution in [3.63, 3.8) is 0 Å². The van der Waals surface area contributed by atoms with Crippen molar-refractivity contribution in [2.45, 2.75) is 33.2 Å². The van der Waals surface area contributed by atoms with Gasteiger partial charge in [-0.25, -0.2) is 4.98 Å². The summed E-state index contributed by atoms with van der Waals surface area (Å²) in [6.45, 7) is 4.82. The van der Waals surface area contributed by atoms with Crippen LogP contribution in [0.3, 0.4) is 0 Å². The highest BCUT2D eigenvalue weighted by atomic mass is 16.1. The average molecular weight is 178 g/mol. The topological polar surface area (TPSA) is 34.9 Å². The van der Waals surface area contributed by atoms with E-state index in [1.54, 1.807) is 13.3 Å². The second-order valence-corrected chi connectivity index (χ2v) is 3.89. The Hall–Kier alpha value is -1.12. The van der Waals surface area contributed by atoms with Crippen LogP contribution < -0.4 is 0 Å². The highest BCUT2D eigenvalue weighted by Gasteiger charge is 2.20. The number of carbonyl (C=O) groups is 1. The van der Waals surface area contributed by atoms with Gasteiger partial charge < -0.3 is 4.57 Å². The summed E-state index contributed by atoms with van der Waals surface area (Å²) in [6.07, 6.45) is 3.98. The Kier molecular flexibility index (Phi) is 1.94. The van der Waals surface area contributed by atoms with Crippen molar-refractivity contribution >= 4 is 5.78 Å². The fourth-order valence-electron chi connectivity index (χ4n) is 1.90. The first-order valence-electron chi connectivity index (χ1n) is 4.73. The zero-order valence-electron chi connectivity index (χ0n) is 8.08. The van der Waals surface area contributed by atoms with Crippen molar-refractivity contribution in [2.24, 2.45) is 5.92 Å². The number of hydrogen-bond donors (Lipinski definition) is 0. The first-order valence-corrected chi connectivity index (χ1v) is 4.73. The van der Waals surface area contributed by atoms with E-state index in [1.807, 2.05) is 0 Å². The third kappa shape index (κ3) is 1.39. The molecule has 1 aliphatic heterocycles. The summed E-state index contributed by atoms with van der Waals surface area (Å²) in [4.78, 5) is 15.4. The monoisotopic (exact) mass is 178 g/mol. The Morgan fingerprint density at radius 3 is 3.15 bits per heavy atom. The Balaban J connectivity index is 2.41. The van der Waals surface area contributed by atoms with E-state index < -0.39 is 0 Å². The average Bonchev–Trinajstić information content (AvgIpc) is 2.46. The number of carbonyl (C=O) groups excluding carboxylic acids is 1. The Morgan fingerprint density at radius 1 is 1.69 bits per heavy atom. The van der Waals surface area contributed by atoms with Gasteiger partial charge in [-0.1, -0.05) is 6.92 Å². The van der Waals surface area contributed by atoms with Crippen molar-refractivity contribution in [3.05, 3.63) is 17.7 Å². The van der Waals surface area contributed by atoms with Gasteiger partial charge in [0.2, 0.25) is 0 Å². The van der Waals surface area contributed by atoms with Gasteiger partial charge in [0.15, 0.2) is 5.78 Å². The molecule has 0 aliphatic carbocycles. The summed E-state index contributed by atoms with van der Waals surface area (Å²) < 4.78 is 2.11. The molecule has 13 heavy (non-hydrogen) atoms. The Bertz CT molecular complexity index is 341. The van der Waals surface area contributed by atoms with Gasteiger partial charge in [-0.15, -0.1) is 0 Å². The molecule has 2 heterocycles. The molecule has 3 nitrogen and oxygen atoms in total. The lowest BCUT2D eigenvalue weighted by Gasteiger charge is -2.20. The number of hydrogen-bond acceptors (Lipinski definition) is 2. The van der Waals surface area contributed by atoms with Gasteiger partial charge in [0.25, 0.3) is 0 Å². The SMILES string of the molecule is CC(=O)c1ncn2c1CC(C)CC2. The van der Waals surface area contributed by atoms with Gasteiger partial charge in [0.1, 0.15) is 5.69 Å². The molecule has 1 aromatic rings. The number of fused-ring (bicyclic) bond motifs is 1. The van der Waals surface area contributed by atoms with Gasteiger partial charge in [-0.3, -0.25) is 4.79 Å². The van der Waals surface area contributed by atoms with Crippen LogP contribution in [-0.2, 0) is 13.0 Å². The molecule has 0 bridgehead atoms. The van der Waals surface area contributed by atoms with Crippen LogP contribution in [0.5, 0.6) is 0 Å². The first kappa shape index (κ1) is 8.48. The number of aryl methyl sites for hydroxylation is 1. The predicted octanol–water partition coefficient (Wildman–Crippen LogP) is 1.67. The predicted molar refractivity (Wildman–Crippen MR) is 49.7 cm³/mol. The van der Waals surface area contributed by atoms with E-state index in [1.165, 1.54) is 6.42 Å². The lowest BCUT2D eigenvalue weighted by molar-refractivity contribution is 0.101. The van der Waals surface area contributed by atoms with Crippen molar-refractivity contribution in [3.8, 4) is 0 Å². The molecule has 0 aromatic carbocycles. The quantitative estimate of drug-likeness (QED) is 0.613. The normalized spacial score (nSPS) is 21.2. The zero-order chi connectivity index (χ0) is 9.42. The third-order valence-corrected chi connectivity index (χ3v) is 2.68. The van der Waals surface area contributed by atoms with Crippen LogP contribution in [0.1, 0.15) is 36.5 Å². The maximum Gasteiger partial charge on any atom is 0.179 e. The number of ketones is 1. The van der Waals surface area contributed by atoms with Crippen LogP contribution in [0, 0.1) is 5.92 Å². The molecule has 1 unspecified atom stereocenters. The maximum atomic E-state index is 11.2. The minimum atomic E-state index is 0.0860. The fourth-order valence-corrected chi connectivity index (χ4v) is 1.90. The molecule has 2 rings (SSSR count). The summed E-state index contributed by atoms with van der Waals surface area (Å²) >= 11 is 0. The van der Waals surface area contributed by atoms with Crippen molar-refractivity contribution in [2.75, 3.05) is 0 Å². The van der Waals surface area contributed by atoms with E-state index >= 15 is 0 Å². The maximum absolute atomic E-state index is 11.2. The van der Waals surface area contributed by atoms with Crippen molar-refractivity contribution in [1.29, 1.82) is 0 Å². The smallest absolute Gasteiger partial charge is 0.179 e. The molecule has 0 N–H and O–H groups in total. The molecular weight excluding hydrogens is 164 g/mol. The summed E-state index contributed by atoms with van der Waals surface area (Å²) in [7, 11) is 0.